The van der Waals surface area contributed by atoms with Crippen LogP contribution in [0.15, 0.2) is 24.3 Å². The van der Waals surface area contributed by atoms with Gasteiger partial charge in [0.25, 0.3) is 0 Å². The van der Waals surface area contributed by atoms with E-state index in [9.17, 15) is 0 Å². The highest BCUT2D eigenvalue weighted by Crippen LogP contribution is 2.14. The molecular formula is C15H24N2OS. The zero-order valence-corrected chi connectivity index (χ0v) is 13.1. The fraction of sp³-hybridized carbons (Fsp3) is 0.533. The smallest absolute Gasteiger partial charge is 0.119 e. The summed E-state index contributed by atoms with van der Waals surface area (Å²) in [6.07, 6.45) is 1.28. The Morgan fingerprint density at radius 1 is 1.26 bits per heavy atom. The van der Waals surface area contributed by atoms with Crippen molar-refractivity contribution in [2.45, 2.75) is 26.4 Å². The van der Waals surface area contributed by atoms with Crippen LogP contribution < -0.4 is 10.1 Å². The first-order valence-corrected chi connectivity index (χ1v) is 7.09. The van der Waals surface area contributed by atoms with E-state index in [1.54, 1.807) is 0 Å². The molecule has 0 bridgehead atoms. The van der Waals surface area contributed by atoms with Gasteiger partial charge >= 0.3 is 0 Å². The highest BCUT2D eigenvalue weighted by atomic mass is 32.1. The topological polar surface area (TPSA) is 24.5 Å². The van der Waals surface area contributed by atoms with E-state index in [4.69, 9.17) is 17.0 Å². The summed E-state index contributed by atoms with van der Waals surface area (Å²) in [5.41, 5.74) is 1.04. The molecule has 0 fully saturated rings. The number of rotatable bonds is 7. The molecule has 3 nitrogen and oxygen atoms in total. The van der Waals surface area contributed by atoms with Gasteiger partial charge in [0, 0.05) is 12.1 Å². The van der Waals surface area contributed by atoms with E-state index in [-0.39, 0.29) is 6.10 Å². The predicted molar refractivity (Wildman–Crippen MR) is 85.1 cm³/mol. The number of thiocarbonyl (C=S) groups is 1. The summed E-state index contributed by atoms with van der Waals surface area (Å²) in [7, 11) is 4.15. The molecule has 1 N–H and O–H groups in total. The van der Waals surface area contributed by atoms with Gasteiger partial charge in [-0.25, -0.2) is 0 Å². The zero-order chi connectivity index (χ0) is 14.3. The van der Waals surface area contributed by atoms with Gasteiger partial charge in [0.1, 0.15) is 10.7 Å². The van der Waals surface area contributed by atoms with Crippen LogP contribution in [0.3, 0.4) is 0 Å². The average molecular weight is 280 g/mol. The van der Waals surface area contributed by atoms with Gasteiger partial charge in [-0.2, -0.15) is 0 Å². The van der Waals surface area contributed by atoms with E-state index in [1.807, 2.05) is 38.1 Å². The molecule has 0 unspecified atom stereocenters. The monoisotopic (exact) mass is 280 g/mol. The molecule has 0 amide bonds. The van der Waals surface area contributed by atoms with E-state index < -0.39 is 0 Å². The molecule has 4 heteroatoms. The van der Waals surface area contributed by atoms with Crippen molar-refractivity contribution in [3.63, 3.8) is 0 Å². The number of ether oxygens (including phenoxy) is 1. The molecule has 0 spiro atoms. The van der Waals surface area contributed by atoms with Crippen molar-refractivity contribution in [1.29, 1.82) is 0 Å². The highest BCUT2D eigenvalue weighted by Gasteiger charge is 2.02. The lowest BCUT2D eigenvalue weighted by Crippen LogP contribution is -2.26. The number of hydrogen-bond acceptors (Lipinski definition) is 3. The molecule has 0 aromatic heterocycles. The Morgan fingerprint density at radius 3 is 2.42 bits per heavy atom. The molecule has 1 aromatic carbocycles. The normalized spacial score (nSPS) is 10.8. The summed E-state index contributed by atoms with van der Waals surface area (Å²) in [5.74, 6) is 0.883. The maximum Gasteiger partial charge on any atom is 0.119 e. The quantitative estimate of drug-likeness (QED) is 0.613. The van der Waals surface area contributed by atoms with Gasteiger partial charge in [0.2, 0.25) is 0 Å². The minimum Gasteiger partial charge on any atom is -0.491 e. The van der Waals surface area contributed by atoms with E-state index in [0.29, 0.717) is 0 Å². The molecule has 106 valence electrons. The minimum absolute atomic E-state index is 0.196. The minimum atomic E-state index is 0.196. The van der Waals surface area contributed by atoms with E-state index in [2.05, 4.69) is 24.3 Å². The Labute approximate surface area is 121 Å². The Morgan fingerprint density at radius 2 is 1.89 bits per heavy atom. The van der Waals surface area contributed by atoms with Crippen LogP contribution >= 0.6 is 12.2 Å². The van der Waals surface area contributed by atoms with Gasteiger partial charge in [-0.05, 0) is 65.2 Å². The van der Waals surface area contributed by atoms with Crippen molar-refractivity contribution in [3.05, 3.63) is 29.8 Å². The summed E-state index contributed by atoms with van der Waals surface area (Å²) < 4.78 is 5.60. The summed E-state index contributed by atoms with van der Waals surface area (Å²) in [6.45, 7) is 6.01. The van der Waals surface area contributed by atoms with Crippen molar-refractivity contribution in [1.82, 2.24) is 10.2 Å². The van der Waals surface area contributed by atoms with Gasteiger partial charge in [-0.3, -0.25) is 0 Å². The molecule has 19 heavy (non-hydrogen) atoms. The Bertz CT molecular complexity index is 388. The van der Waals surface area contributed by atoms with Crippen LogP contribution in [-0.4, -0.2) is 43.2 Å². The molecular weight excluding hydrogens is 256 g/mol. The number of nitrogens with zero attached hydrogens (tertiary/aromatic N) is 1. The largest absolute Gasteiger partial charge is 0.491 e. The summed E-state index contributed by atoms with van der Waals surface area (Å²) in [5, 5.41) is 3.28. The van der Waals surface area contributed by atoms with Gasteiger partial charge in [0.15, 0.2) is 0 Å². The highest BCUT2D eigenvalue weighted by molar-refractivity contribution is 7.80. The fourth-order valence-corrected chi connectivity index (χ4v) is 1.89. The lowest BCUT2D eigenvalue weighted by molar-refractivity contribution is 0.242. The second kappa shape index (κ2) is 8.12. The summed E-state index contributed by atoms with van der Waals surface area (Å²) in [6, 6.07) is 7.92. The first-order valence-electron chi connectivity index (χ1n) is 6.68. The van der Waals surface area contributed by atoms with Crippen molar-refractivity contribution in [2.24, 2.45) is 0 Å². The molecule has 0 saturated heterocycles. The van der Waals surface area contributed by atoms with E-state index in [0.717, 1.165) is 35.8 Å². The first kappa shape index (κ1) is 15.9. The molecule has 1 rings (SSSR count). The van der Waals surface area contributed by atoms with E-state index in [1.165, 1.54) is 0 Å². The average Bonchev–Trinajstić information content (AvgIpc) is 2.34. The van der Waals surface area contributed by atoms with Crippen LogP contribution in [-0.2, 0) is 0 Å². The molecule has 1 aromatic rings. The molecule has 0 aliphatic heterocycles. The maximum absolute atomic E-state index is 5.60. The van der Waals surface area contributed by atoms with Crippen molar-refractivity contribution in [3.8, 4) is 5.75 Å². The zero-order valence-electron chi connectivity index (χ0n) is 12.3. The Balaban J connectivity index is 2.40. The summed E-state index contributed by atoms with van der Waals surface area (Å²) >= 11 is 5.37. The predicted octanol–water partition coefficient (Wildman–Crippen LogP) is 2.69. The number of hydrogen-bond donors (Lipinski definition) is 1. The summed E-state index contributed by atoms with van der Waals surface area (Å²) in [4.78, 5) is 2.97. The number of nitrogens with one attached hydrogen (secondary N) is 1. The second-order valence-corrected chi connectivity index (χ2v) is 5.51. The fourth-order valence-electron chi connectivity index (χ4n) is 1.66. The van der Waals surface area contributed by atoms with Gasteiger partial charge in [-0.1, -0.05) is 12.2 Å². The van der Waals surface area contributed by atoms with Crippen molar-refractivity contribution < 1.29 is 4.74 Å². The van der Waals surface area contributed by atoms with Crippen molar-refractivity contribution in [2.75, 3.05) is 27.2 Å². The van der Waals surface area contributed by atoms with Crippen LogP contribution in [0.1, 0.15) is 25.8 Å². The maximum atomic E-state index is 5.60. The molecule has 0 heterocycles. The molecule has 0 radical (unpaired) electrons. The third kappa shape index (κ3) is 6.55. The van der Waals surface area contributed by atoms with Crippen molar-refractivity contribution >= 4 is 17.2 Å². The van der Waals surface area contributed by atoms with Gasteiger partial charge < -0.3 is 15.0 Å². The molecule has 0 aliphatic rings. The molecule has 0 saturated carbocycles. The van der Waals surface area contributed by atoms with Crippen LogP contribution in [0.5, 0.6) is 5.75 Å². The van der Waals surface area contributed by atoms with Crippen LogP contribution in [0.25, 0.3) is 0 Å². The Hall–Kier alpha value is -1.13. The molecule has 0 atom stereocenters. The Kier molecular flexibility index (Phi) is 6.81. The van der Waals surface area contributed by atoms with Crippen LogP contribution in [0, 0.1) is 0 Å². The lowest BCUT2D eigenvalue weighted by Gasteiger charge is -2.12. The molecule has 0 aliphatic carbocycles. The van der Waals surface area contributed by atoms with Crippen LogP contribution in [0.4, 0.5) is 0 Å². The third-order valence-electron chi connectivity index (χ3n) is 2.56. The standard InChI is InChI=1S/C15H24N2OS/c1-12(2)18-14-8-6-13(7-9-14)15(19)16-10-5-11-17(3)4/h6-9,12H,5,10-11H2,1-4H3,(H,16,19). The van der Waals surface area contributed by atoms with Gasteiger partial charge in [0.05, 0.1) is 6.10 Å². The third-order valence-corrected chi connectivity index (χ3v) is 2.94. The van der Waals surface area contributed by atoms with Crippen LogP contribution in [0.2, 0.25) is 0 Å². The lowest BCUT2D eigenvalue weighted by atomic mass is 10.2. The first-order chi connectivity index (χ1) is 8.99. The van der Waals surface area contributed by atoms with Gasteiger partial charge in [-0.15, -0.1) is 0 Å². The number of benzene rings is 1. The second-order valence-electron chi connectivity index (χ2n) is 5.10. The SMILES string of the molecule is CC(C)Oc1ccc(C(=S)NCCCN(C)C)cc1. The van der Waals surface area contributed by atoms with E-state index >= 15 is 0 Å².